The Balaban J connectivity index is 2.21. The van der Waals surface area contributed by atoms with Gasteiger partial charge in [0.15, 0.2) is 0 Å². The Morgan fingerprint density at radius 1 is 1.38 bits per heavy atom. The minimum atomic E-state index is -0.398. The smallest absolute Gasteiger partial charge is 0.272 e. The molecule has 2 rings (SSSR count). The van der Waals surface area contributed by atoms with Gasteiger partial charge >= 0.3 is 0 Å². The Labute approximate surface area is 99.8 Å². The zero-order valence-corrected chi connectivity index (χ0v) is 9.71. The van der Waals surface area contributed by atoms with Crippen molar-refractivity contribution >= 4 is 27.5 Å². The molecule has 0 fully saturated rings. The van der Waals surface area contributed by atoms with E-state index in [4.69, 9.17) is 0 Å². The van der Waals surface area contributed by atoms with Gasteiger partial charge in [0, 0.05) is 10.7 Å². The van der Waals surface area contributed by atoms with Gasteiger partial charge in [0.1, 0.15) is 11.5 Å². The van der Waals surface area contributed by atoms with E-state index in [1.165, 1.54) is 12.1 Å². The van der Waals surface area contributed by atoms with Crippen molar-refractivity contribution in [3.05, 3.63) is 52.5 Å². The number of H-pyrrole nitrogens is 1. The quantitative estimate of drug-likeness (QED) is 0.873. The van der Waals surface area contributed by atoms with E-state index in [2.05, 4.69) is 26.2 Å². The first-order valence-electron chi connectivity index (χ1n) is 4.56. The lowest BCUT2D eigenvalue weighted by Gasteiger charge is -2.06. The number of benzene rings is 1. The molecule has 16 heavy (non-hydrogen) atoms. The van der Waals surface area contributed by atoms with Crippen molar-refractivity contribution in [2.45, 2.75) is 0 Å². The third-order valence-electron chi connectivity index (χ3n) is 2.02. The van der Waals surface area contributed by atoms with Gasteiger partial charge in [-0.1, -0.05) is 0 Å². The summed E-state index contributed by atoms with van der Waals surface area (Å²) in [6.07, 6.45) is 1.65. The molecule has 0 unspecified atom stereocenters. The second kappa shape index (κ2) is 4.49. The molecule has 1 aromatic heterocycles. The van der Waals surface area contributed by atoms with Crippen LogP contribution in [0.25, 0.3) is 0 Å². The number of anilines is 1. The Bertz CT molecular complexity index is 511. The summed E-state index contributed by atoms with van der Waals surface area (Å²) in [6, 6.07) is 7.47. The summed E-state index contributed by atoms with van der Waals surface area (Å²) in [5, 5.41) is 2.60. The maximum atomic E-state index is 13.0. The van der Waals surface area contributed by atoms with E-state index in [1.54, 1.807) is 24.4 Å². The van der Waals surface area contributed by atoms with E-state index in [-0.39, 0.29) is 5.91 Å². The number of rotatable bonds is 2. The molecule has 2 N–H and O–H groups in total. The average Bonchev–Trinajstić information content (AvgIpc) is 2.76. The van der Waals surface area contributed by atoms with Crippen LogP contribution >= 0.6 is 15.9 Å². The van der Waals surface area contributed by atoms with E-state index in [9.17, 15) is 9.18 Å². The predicted molar refractivity (Wildman–Crippen MR) is 62.8 cm³/mol. The Kier molecular flexibility index (Phi) is 3.05. The van der Waals surface area contributed by atoms with E-state index in [1.807, 2.05) is 0 Å². The van der Waals surface area contributed by atoms with Gasteiger partial charge < -0.3 is 10.3 Å². The van der Waals surface area contributed by atoms with Gasteiger partial charge in [0.25, 0.3) is 5.91 Å². The van der Waals surface area contributed by atoms with Gasteiger partial charge in [-0.05, 0) is 46.3 Å². The van der Waals surface area contributed by atoms with Gasteiger partial charge in [-0.3, -0.25) is 4.79 Å². The summed E-state index contributed by atoms with van der Waals surface area (Å²) >= 11 is 3.23. The highest BCUT2D eigenvalue weighted by Gasteiger charge is 2.09. The number of amides is 1. The van der Waals surface area contributed by atoms with Gasteiger partial charge in [-0.2, -0.15) is 0 Å². The number of hydrogen-bond donors (Lipinski definition) is 2. The zero-order valence-electron chi connectivity index (χ0n) is 8.13. The summed E-state index contributed by atoms with van der Waals surface area (Å²) in [5.74, 6) is -0.707. The number of hydrogen-bond acceptors (Lipinski definition) is 1. The fraction of sp³-hybridized carbons (Fsp3) is 0. The van der Waals surface area contributed by atoms with Crippen LogP contribution in [0, 0.1) is 5.82 Å². The van der Waals surface area contributed by atoms with E-state index in [0.29, 0.717) is 15.9 Å². The minimum Gasteiger partial charge on any atom is -0.357 e. The second-order valence-corrected chi connectivity index (χ2v) is 4.02. The first-order chi connectivity index (χ1) is 7.66. The molecule has 1 heterocycles. The van der Waals surface area contributed by atoms with Gasteiger partial charge in [0.2, 0.25) is 0 Å². The second-order valence-electron chi connectivity index (χ2n) is 3.16. The van der Waals surface area contributed by atoms with Crippen LogP contribution in [0.4, 0.5) is 10.1 Å². The van der Waals surface area contributed by atoms with Gasteiger partial charge in [-0.25, -0.2) is 4.39 Å². The number of carbonyl (C=O) groups is 1. The molecule has 0 radical (unpaired) electrons. The SMILES string of the molecule is O=C(Nc1cc(F)ccc1Br)c1ccc[nH]1. The third-order valence-corrected chi connectivity index (χ3v) is 2.71. The average molecular weight is 283 g/mol. The Morgan fingerprint density at radius 2 is 2.19 bits per heavy atom. The maximum Gasteiger partial charge on any atom is 0.272 e. The summed E-state index contributed by atoms with van der Waals surface area (Å²) in [5.41, 5.74) is 0.829. The topological polar surface area (TPSA) is 44.9 Å². The number of nitrogens with one attached hydrogen (secondary N) is 2. The molecule has 0 saturated carbocycles. The lowest BCUT2D eigenvalue weighted by atomic mass is 10.3. The molecule has 0 spiro atoms. The van der Waals surface area contributed by atoms with Crippen LogP contribution in [-0.4, -0.2) is 10.9 Å². The van der Waals surface area contributed by atoms with Crippen molar-refractivity contribution in [1.29, 1.82) is 0 Å². The molecule has 0 aliphatic rings. The molecule has 1 aromatic carbocycles. The van der Waals surface area contributed by atoms with E-state index in [0.717, 1.165) is 0 Å². The number of aromatic amines is 1. The number of halogens is 2. The molecular weight excluding hydrogens is 275 g/mol. The zero-order chi connectivity index (χ0) is 11.5. The Morgan fingerprint density at radius 3 is 2.88 bits per heavy atom. The highest BCUT2D eigenvalue weighted by Crippen LogP contribution is 2.23. The fourth-order valence-electron chi connectivity index (χ4n) is 1.25. The maximum absolute atomic E-state index is 13.0. The highest BCUT2D eigenvalue weighted by atomic mass is 79.9. The molecular formula is C11H8BrFN2O. The van der Waals surface area contributed by atoms with Crippen LogP contribution in [0.15, 0.2) is 41.0 Å². The van der Waals surface area contributed by atoms with Crippen molar-refractivity contribution in [1.82, 2.24) is 4.98 Å². The largest absolute Gasteiger partial charge is 0.357 e. The highest BCUT2D eigenvalue weighted by molar-refractivity contribution is 9.10. The first-order valence-corrected chi connectivity index (χ1v) is 5.36. The van der Waals surface area contributed by atoms with Crippen LogP contribution < -0.4 is 5.32 Å². The summed E-state index contributed by atoms with van der Waals surface area (Å²) in [7, 11) is 0. The molecule has 1 amide bonds. The van der Waals surface area contributed by atoms with Crippen LogP contribution in [0.2, 0.25) is 0 Å². The molecule has 0 atom stereocenters. The van der Waals surface area contributed by atoms with Crippen LogP contribution in [0.5, 0.6) is 0 Å². The van der Waals surface area contributed by atoms with Crippen molar-refractivity contribution in [3.63, 3.8) is 0 Å². The monoisotopic (exact) mass is 282 g/mol. The normalized spacial score (nSPS) is 10.1. The summed E-state index contributed by atoms with van der Waals surface area (Å²) in [4.78, 5) is 14.4. The Hall–Kier alpha value is -1.62. The van der Waals surface area contributed by atoms with Crippen molar-refractivity contribution in [2.75, 3.05) is 5.32 Å². The van der Waals surface area contributed by atoms with Crippen molar-refractivity contribution in [2.24, 2.45) is 0 Å². The lowest BCUT2D eigenvalue weighted by molar-refractivity contribution is 0.102. The summed E-state index contributed by atoms with van der Waals surface area (Å²) < 4.78 is 13.6. The fourth-order valence-corrected chi connectivity index (χ4v) is 1.60. The molecule has 0 bridgehead atoms. The van der Waals surface area contributed by atoms with Crippen LogP contribution in [0.3, 0.4) is 0 Å². The number of aromatic nitrogens is 1. The number of carbonyl (C=O) groups excluding carboxylic acids is 1. The van der Waals surface area contributed by atoms with E-state index >= 15 is 0 Å². The lowest BCUT2D eigenvalue weighted by Crippen LogP contribution is -2.12. The van der Waals surface area contributed by atoms with E-state index < -0.39 is 5.82 Å². The van der Waals surface area contributed by atoms with Crippen LogP contribution in [-0.2, 0) is 0 Å². The molecule has 2 aromatic rings. The summed E-state index contributed by atoms with van der Waals surface area (Å²) in [6.45, 7) is 0. The molecule has 0 aliphatic carbocycles. The first kappa shape index (κ1) is 10.9. The molecule has 0 saturated heterocycles. The molecule has 0 aliphatic heterocycles. The van der Waals surface area contributed by atoms with Gasteiger partial charge in [-0.15, -0.1) is 0 Å². The third kappa shape index (κ3) is 2.30. The molecule has 82 valence electrons. The predicted octanol–water partition coefficient (Wildman–Crippen LogP) is 3.17. The van der Waals surface area contributed by atoms with Crippen molar-refractivity contribution < 1.29 is 9.18 Å². The van der Waals surface area contributed by atoms with Crippen LogP contribution in [0.1, 0.15) is 10.5 Å². The molecule has 5 heteroatoms. The molecule has 3 nitrogen and oxygen atoms in total. The standard InChI is InChI=1S/C11H8BrFN2O/c12-8-4-3-7(13)6-10(8)15-11(16)9-2-1-5-14-9/h1-6,14H,(H,15,16). The minimum absolute atomic E-state index is 0.309. The van der Waals surface area contributed by atoms with Gasteiger partial charge in [0.05, 0.1) is 5.69 Å². The van der Waals surface area contributed by atoms with Crippen molar-refractivity contribution in [3.8, 4) is 0 Å².